The number of hydrogen-bond donors (Lipinski definition) is 1. The van der Waals surface area contributed by atoms with Crippen molar-refractivity contribution in [1.29, 1.82) is 0 Å². The first-order valence-corrected chi connectivity index (χ1v) is 10.8. The van der Waals surface area contributed by atoms with E-state index in [0.29, 0.717) is 22.9 Å². The molecule has 0 fully saturated rings. The Morgan fingerprint density at radius 3 is 2.88 bits per heavy atom. The van der Waals surface area contributed by atoms with Gasteiger partial charge in [-0.3, -0.25) is 9.10 Å². The zero-order valence-electron chi connectivity index (χ0n) is 14.2. The molecule has 0 saturated carbocycles. The smallest absolute Gasteiger partial charge is 0.273 e. The molecule has 0 aliphatic carbocycles. The lowest BCUT2D eigenvalue weighted by molar-refractivity contribution is -0.116. The second-order valence-electron chi connectivity index (χ2n) is 6.11. The molecule has 2 heterocycles. The van der Waals surface area contributed by atoms with Crippen molar-refractivity contribution in [3.05, 3.63) is 41.3 Å². The Hall–Kier alpha value is -1.86. The van der Waals surface area contributed by atoms with Crippen molar-refractivity contribution >= 4 is 38.6 Å². The van der Waals surface area contributed by atoms with E-state index in [9.17, 15) is 13.2 Å². The summed E-state index contributed by atoms with van der Waals surface area (Å²) in [6, 6.07) is 8.86. The summed E-state index contributed by atoms with van der Waals surface area (Å²) < 4.78 is 27.6. The van der Waals surface area contributed by atoms with E-state index in [0.717, 1.165) is 36.9 Å². The van der Waals surface area contributed by atoms with Gasteiger partial charge in [-0.1, -0.05) is 19.4 Å². The largest absolute Gasteiger partial charge is 0.326 e. The number of rotatable bonds is 6. The Balaban J connectivity index is 1.84. The summed E-state index contributed by atoms with van der Waals surface area (Å²) in [5, 5.41) is 4.67. The Labute approximate surface area is 152 Å². The molecular weight excluding hydrogens is 356 g/mol. The summed E-state index contributed by atoms with van der Waals surface area (Å²) in [5.74, 6) is 0.000623. The van der Waals surface area contributed by atoms with Crippen LogP contribution in [0.1, 0.15) is 38.2 Å². The Kier molecular flexibility index (Phi) is 5.44. The number of hydrogen-bond acceptors (Lipinski definition) is 4. The van der Waals surface area contributed by atoms with Crippen LogP contribution >= 0.6 is 11.3 Å². The summed E-state index contributed by atoms with van der Waals surface area (Å²) in [6.07, 6.45) is 3.93. The van der Waals surface area contributed by atoms with E-state index in [4.69, 9.17) is 0 Å². The highest BCUT2D eigenvalue weighted by atomic mass is 32.2. The molecule has 0 spiro atoms. The number of anilines is 2. The van der Waals surface area contributed by atoms with Gasteiger partial charge in [0.05, 0.1) is 5.69 Å². The van der Waals surface area contributed by atoms with Gasteiger partial charge in [-0.25, -0.2) is 8.42 Å². The first kappa shape index (κ1) is 17.9. The number of benzene rings is 1. The van der Waals surface area contributed by atoms with Gasteiger partial charge >= 0.3 is 0 Å². The highest BCUT2D eigenvalue weighted by Crippen LogP contribution is 2.34. The molecule has 5 nitrogen and oxygen atoms in total. The fourth-order valence-corrected chi connectivity index (χ4v) is 5.62. The number of carbonyl (C=O) groups excluding carboxylic acids is 1. The molecule has 1 amide bonds. The maximum atomic E-state index is 12.9. The zero-order chi connectivity index (χ0) is 17.9. The number of nitrogens with zero attached hydrogens (tertiary/aromatic N) is 1. The number of nitrogens with one attached hydrogen (secondary N) is 1. The number of unbranched alkanes of at least 4 members (excludes halogenated alkanes) is 1. The molecule has 2 aromatic rings. The van der Waals surface area contributed by atoms with Crippen LogP contribution in [0.5, 0.6) is 0 Å². The molecule has 134 valence electrons. The number of fused-ring (bicyclic) bond motifs is 1. The van der Waals surface area contributed by atoms with Crippen molar-refractivity contribution in [2.24, 2.45) is 0 Å². The molecule has 1 aliphatic rings. The van der Waals surface area contributed by atoms with Crippen molar-refractivity contribution in [1.82, 2.24) is 0 Å². The van der Waals surface area contributed by atoms with Gasteiger partial charge < -0.3 is 5.32 Å². The van der Waals surface area contributed by atoms with Gasteiger partial charge in [-0.05, 0) is 54.5 Å². The second-order valence-corrected chi connectivity index (χ2v) is 9.14. The molecule has 0 unspecified atom stereocenters. The first-order chi connectivity index (χ1) is 12.0. The van der Waals surface area contributed by atoms with Crippen LogP contribution in [0.15, 0.2) is 39.9 Å². The molecule has 1 N–H and O–H groups in total. The lowest BCUT2D eigenvalue weighted by atomic mass is 10.0. The van der Waals surface area contributed by atoms with E-state index in [1.807, 2.05) is 6.07 Å². The SMILES string of the molecule is CCCCC(=O)Nc1ccc2c(c1)CCCN2S(=O)(=O)c1cccs1. The van der Waals surface area contributed by atoms with Gasteiger partial charge in [0.1, 0.15) is 4.21 Å². The fourth-order valence-electron chi connectivity index (χ4n) is 2.97. The highest BCUT2D eigenvalue weighted by Gasteiger charge is 2.29. The van der Waals surface area contributed by atoms with Crippen LogP contribution in [0.4, 0.5) is 11.4 Å². The Morgan fingerprint density at radius 2 is 2.16 bits per heavy atom. The third-order valence-electron chi connectivity index (χ3n) is 4.24. The second kappa shape index (κ2) is 7.58. The fraction of sp³-hybridized carbons (Fsp3) is 0.389. The monoisotopic (exact) mass is 378 g/mol. The molecule has 0 atom stereocenters. The maximum Gasteiger partial charge on any atom is 0.273 e. The average molecular weight is 379 g/mol. The summed E-state index contributed by atoms with van der Waals surface area (Å²) >= 11 is 1.23. The van der Waals surface area contributed by atoms with Crippen LogP contribution in [0.3, 0.4) is 0 Å². The molecule has 1 aliphatic heterocycles. The molecule has 1 aromatic heterocycles. The topological polar surface area (TPSA) is 66.5 Å². The Morgan fingerprint density at radius 1 is 1.32 bits per heavy atom. The third kappa shape index (κ3) is 3.88. The molecule has 7 heteroatoms. The number of carbonyl (C=O) groups is 1. The summed E-state index contributed by atoms with van der Waals surface area (Å²) in [5.41, 5.74) is 2.40. The van der Waals surface area contributed by atoms with Crippen molar-refractivity contribution in [3.8, 4) is 0 Å². The van der Waals surface area contributed by atoms with Crippen molar-refractivity contribution in [3.63, 3.8) is 0 Å². The van der Waals surface area contributed by atoms with Gasteiger partial charge in [0.15, 0.2) is 0 Å². The van der Waals surface area contributed by atoms with Gasteiger partial charge in [-0.15, -0.1) is 11.3 Å². The molecule has 1 aromatic carbocycles. The van der Waals surface area contributed by atoms with E-state index >= 15 is 0 Å². The van der Waals surface area contributed by atoms with Crippen LogP contribution in [0.2, 0.25) is 0 Å². The van der Waals surface area contributed by atoms with Gasteiger partial charge in [-0.2, -0.15) is 0 Å². The van der Waals surface area contributed by atoms with Crippen molar-refractivity contribution in [2.45, 2.75) is 43.2 Å². The third-order valence-corrected chi connectivity index (χ3v) is 7.42. The molecule has 0 bridgehead atoms. The molecule has 25 heavy (non-hydrogen) atoms. The van der Waals surface area contributed by atoms with Crippen LogP contribution in [-0.4, -0.2) is 20.9 Å². The minimum absolute atomic E-state index is 0.000623. The van der Waals surface area contributed by atoms with E-state index < -0.39 is 10.0 Å². The number of amides is 1. The number of aryl methyl sites for hydroxylation is 1. The van der Waals surface area contributed by atoms with Crippen LogP contribution in [0, 0.1) is 0 Å². The molecular formula is C18H22N2O3S2. The normalized spacial score (nSPS) is 14.2. The number of thiophene rings is 1. The van der Waals surface area contributed by atoms with Crippen LogP contribution < -0.4 is 9.62 Å². The van der Waals surface area contributed by atoms with Gasteiger partial charge in [0.25, 0.3) is 10.0 Å². The van der Waals surface area contributed by atoms with E-state index in [1.54, 1.807) is 29.6 Å². The number of sulfonamides is 1. The Bertz CT molecular complexity index is 845. The minimum Gasteiger partial charge on any atom is -0.326 e. The molecule has 3 rings (SSSR count). The van der Waals surface area contributed by atoms with Gasteiger partial charge in [0, 0.05) is 18.7 Å². The summed E-state index contributed by atoms with van der Waals surface area (Å²) in [4.78, 5) is 11.9. The average Bonchev–Trinajstić information content (AvgIpc) is 3.14. The predicted molar refractivity (Wildman–Crippen MR) is 102 cm³/mol. The van der Waals surface area contributed by atoms with Crippen molar-refractivity contribution < 1.29 is 13.2 Å². The standard InChI is InChI=1S/C18H22N2O3S2/c1-2-3-7-17(21)19-15-9-10-16-14(13-15)6-4-11-20(16)25(22,23)18-8-5-12-24-18/h5,8-10,12-13H,2-4,6-7,11H2,1H3,(H,19,21). The highest BCUT2D eigenvalue weighted by molar-refractivity contribution is 7.94. The van der Waals surface area contributed by atoms with E-state index in [1.165, 1.54) is 15.6 Å². The summed E-state index contributed by atoms with van der Waals surface area (Å²) in [6.45, 7) is 2.53. The lowest BCUT2D eigenvalue weighted by Crippen LogP contribution is -2.35. The van der Waals surface area contributed by atoms with Crippen LogP contribution in [0.25, 0.3) is 0 Å². The van der Waals surface area contributed by atoms with E-state index in [-0.39, 0.29) is 5.91 Å². The van der Waals surface area contributed by atoms with Crippen molar-refractivity contribution in [2.75, 3.05) is 16.2 Å². The van der Waals surface area contributed by atoms with E-state index in [2.05, 4.69) is 12.2 Å². The van der Waals surface area contributed by atoms with Gasteiger partial charge in [0.2, 0.25) is 5.91 Å². The first-order valence-electron chi connectivity index (χ1n) is 8.51. The van der Waals surface area contributed by atoms with Crippen LogP contribution in [-0.2, 0) is 21.2 Å². The predicted octanol–water partition coefficient (Wildman–Crippen LogP) is 4.02. The minimum atomic E-state index is -3.52. The maximum absolute atomic E-state index is 12.9. The quantitative estimate of drug-likeness (QED) is 0.826. The summed E-state index contributed by atoms with van der Waals surface area (Å²) in [7, 11) is -3.52. The molecule has 0 saturated heterocycles. The molecule has 0 radical (unpaired) electrons. The zero-order valence-corrected chi connectivity index (χ0v) is 15.8. The lowest BCUT2D eigenvalue weighted by Gasteiger charge is -2.30.